The molecule has 0 heterocycles. The first-order valence-electron chi connectivity index (χ1n) is 9.56. The largest absolute Gasteiger partial charge is 0.506 e. The van der Waals surface area contributed by atoms with Gasteiger partial charge in [0.15, 0.2) is 0 Å². The minimum absolute atomic E-state index is 0.0466. The van der Waals surface area contributed by atoms with Crippen molar-refractivity contribution in [3.63, 3.8) is 0 Å². The van der Waals surface area contributed by atoms with Gasteiger partial charge >= 0.3 is 11.8 Å². The Kier molecular flexibility index (Phi) is 8.29. The maximum absolute atomic E-state index is 12.2. The predicted octanol–water partition coefficient (Wildman–Crippen LogP) is 4.12. The van der Waals surface area contributed by atoms with E-state index >= 15 is 0 Å². The lowest BCUT2D eigenvalue weighted by Crippen LogP contribution is -2.41. The third-order valence-corrected chi connectivity index (χ3v) is 4.80. The summed E-state index contributed by atoms with van der Waals surface area (Å²) in [5.41, 5.74) is 0.251. The van der Waals surface area contributed by atoms with Crippen molar-refractivity contribution < 1.29 is 14.7 Å². The van der Waals surface area contributed by atoms with Crippen molar-refractivity contribution >= 4 is 17.5 Å². The van der Waals surface area contributed by atoms with Crippen LogP contribution in [0.4, 0.5) is 5.69 Å². The molecule has 1 aromatic rings. The number of hydrogen-bond donors (Lipinski definition) is 3. The van der Waals surface area contributed by atoms with E-state index in [0.717, 1.165) is 25.7 Å². The Hall–Kier alpha value is -2.04. The Balaban J connectivity index is 1.84. The van der Waals surface area contributed by atoms with Gasteiger partial charge < -0.3 is 15.7 Å². The van der Waals surface area contributed by atoms with Crippen molar-refractivity contribution in [2.75, 3.05) is 5.32 Å². The van der Waals surface area contributed by atoms with Crippen molar-refractivity contribution in [3.05, 3.63) is 24.3 Å². The van der Waals surface area contributed by atoms with Gasteiger partial charge in [-0.1, -0.05) is 69.9 Å². The highest BCUT2D eigenvalue weighted by atomic mass is 16.3. The first kappa shape index (κ1) is 19.3. The Morgan fingerprint density at radius 1 is 0.800 bits per heavy atom. The molecule has 0 radical (unpaired) electrons. The number of aromatic hydroxyl groups is 1. The van der Waals surface area contributed by atoms with E-state index < -0.39 is 11.8 Å². The number of phenolic OH excluding ortho intramolecular Hbond substituents is 1. The zero-order chi connectivity index (χ0) is 17.9. The molecule has 2 amide bonds. The number of phenols is 1. The summed E-state index contributed by atoms with van der Waals surface area (Å²) in [5, 5.41) is 15.0. The van der Waals surface area contributed by atoms with Crippen LogP contribution >= 0.6 is 0 Å². The van der Waals surface area contributed by atoms with E-state index in [1.807, 2.05) is 0 Å². The molecular weight excluding hydrogens is 316 g/mol. The summed E-state index contributed by atoms with van der Waals surface area (Å²) in [7, 11) is 0. The number of carbonyl (C=O) groups is 2. The smallest absolute Gasteiger partial charge is 0.313 e. The second-order valence-electron chi connectivity index (χ2n) is 6.90. The highest BCUT2D eigenvalue weighted by molar-refractivity contribution is 6.39. The van der Waals surface area contributed by atoms with Crippen LogP contribution in [0.3, 0.4) is 0 Å². The molecular formula is C20H30N2O3. The number of amides is 2. The average Bonchev–Trinajstić information content (AvgIpc) is 2.59. The van der Waals surface area contributed by atoms with Crippen molar-refractivity contribution in [1.82, 2.24) is 5.32 Å². The van der Waals surface area contributed by atoms with E-state index in [1.54, 1.807) is 18.2 Å². The van der Waals surface area contributed by atoms with Crippen LogP contribution < -0.4 is 10.6 Å². The molecule has 0 spiro atoms. The predicted molar refractivity (Wildman–Crippen MR) is 99.5 cm³/mol. The second kappa shape index (κ2) is 10.7. The summed E-state index contributed by atoms with van der Waals surface area (Å²) in [6.07, 6.45) is 12.9. The molecule has 1 aromatic carbocycles. The molecule has 0 aromatic heterocycles. The Morgan fingerprint density at radius 2 is 1.32 bits per heavy atom. The van der Waals surface area contributed by atoms with Crippen molar-refractivity contribution in [1.29, 1.82) is 0 Å². The van der Waals surface area contributed by atoms with Gasteiger partial charge in [0.05, 0.1) is 5.69 Å². The molecule has 0 aliphatic heterocycles. The first-order valence-corrected chi connectivity index (χ1v) is 9.56. The lowest BCUT2D eigenvalue weighted by atomic mass is 9.98. The van der Waals surface area contributed by atoms with E-state index in [2.05, 4.69) is 10.6 Å². The molecule has 5 heteroatoms. The van der Waals surface area contributed by atoms with Gasteiger partial charge in [-0.15, -0.1) is 0 Å². The maximum Gasteiger partial charge on any atom is 0.313 e. The van der Waals surface area contributed by atoms with Gasteiger partial charge in [-0.25, -0.2) is 0 Å². The SMILES string of the molecule is O=C(Nc1ccccc1O)C(=O)NC1CCCCCCCCCCC1. The number of nitrogens with one attached hydrogen (secondary N) is 2. The third-order valence-electron chi connectivity index (χ3n) is 4.80. The van der Waals surface area contributed by atoms with Crippen LogP contribution in [0.25, 0.3) is 0 Å². The first-order chi connectivity index (χ1) is 12.2. The summed E-state index contributed by atoms with van der Waals surface area (Å²) in [5.74, 6) is -1.40. The van der Waals surface area contributed by atoms with Gasteiger partial charge in [-0.05, 0) is 25.0 Å². The topological polar surface area (TPSA) is 78.4 Å². The van der Waals surface area contributed by atoms with Crippen molar-refractivity contribution in [2.45, 2.75) is 76.7 Å². The normalized spacial score (nSPS) is 17.8. The summed E-state index contributed by atoms with van der Waals surface area (Å²) in [4.78, 5) is 24.3. The maximum atomic E-state index is 12.2. The molecule has 0 unspecified atom stereocenters. The zero-order valence-corrected chi connectivity index (χ0v) is 14.9. The molecule has 0 saturated heterocycles. The second-order valence-corrected chi connectivity index (χ2v) is 6.90. The number of rotatable bonds is 2. The van der Waals surface area contributed by atoms with E-state index in [-0.39, 0.29) is 17.5 Å². The summed E-state index contributed by atoms with van der Waals surface area (Å²) in [6.45, 7) is 0. The number of carbonyl (C=O) groups excluding carboxylic acids is 2. The Morgan fingerprint density at radius 3 is 1.88 bits per heavy atom. The Bertz CT molecular complexity index is 548. The van der Waals surface area contributed by atoms with Crippen LogP contribution in [0.15, 0.2) is 24.3 Å². The van der Waals surface area contributed by atoms with Crippen LogP contribution in [0, 0.1) is 0 Å². The van der Waals surface area contributed by atoms with Crippen molar-refractivity contribution in [2.24, 2.45) is 0 Å². The van der Waals surface area contributed by atoms with Crippen LogP contribution in [-0.2, 0) is 9.59 Å². The van der Waals surface area contributed by atoms with E-state index in [1.165, 1.54) is 51.0 Å². The average molecular weight is 346 g/mol. The molecule has 25 heavy (non-hydrogen) atoms. The minimum Gasteiger partial charge on any atom is -0.506 e. The van der Waals surface area contributed by atoms with Crippen LogP contribution in [0.5, 0.6) is 5.75 Å². The monoisotopic (exact) mass is 346 g/mol. The summed E-state index contributed by atoms with van der Waals surface area (Å²) < 4.78 is 0. The Labute approximate surface area is 150 Å². The van der Waals surface area contributed by atoms with E-state index in [0.29, 0.717) is 0 Å². The van der Waals surface area contributed by atoms with Gasteiger partial charge in [-0.2, -0.15) is 0 Å². The van der Waals surface area contributed by atoms with Gasteiger partial charge in [0.25, 0.3) is 0 Å². The molecule has 1 fully saturated rings. The van der Waals surface area contributed by atoms with Gasteiger partial charge in [0.1, 0.15) is 5.75 Å². The lowest BCUT2D eigenvalue weighted by molar-refractivity contribution is -0.136. The van der Waals surface area contributed by atoms with Crippen molar-refractivity contribution in [3.8, 4) is 5.75 Å². The quantitative estimate of drug-likeness (QED) is 0.557. The molecule has 0 bridgehead atoms. The molecule has 1 aliphatic rings. The highest BCUT2D eigenvalue weighted by Gasteiger charge is 2.19. The summed E-state index contributed by atoms with van der Waals surface area (Å²) >= 11 is 0. The molecule has 2 rings (SSSR count). The molecule has 138 valence electrons. The number of hydrogen-bond acceptors (Lipinski definition) is 3. The number of para-hydroxylation sites is 2. The molecule has 0 atom stereocenters. The molecule has 1 saturated carbocycles. The summed E-state index contributed by atoms with van der Waals surface area (Å²) in [6, 6.07) is 6.45. The fraction of sp³-hybridized carbons (Fsp3) is 0.600. The zero-order valence-electron chi connectivity index (χ0n) is 14.9. The molecule has 1 aliphatic carbocycles. The third kappa shape index (κ3) is 7.16. The van der Waals surface area contributed by atoms with Crippen LogP contribution in [0.2, 0.25) is 0 Å². The van der Waals surface area contributed by atoms with Gasteiger partial charge in [0, 0.05) is 6.04 Å². The van der Waals surface area contributed by atoms with Crippen LogP contribution in [0.1, 0.15) is 70.6 Å². The highest BCUT2D eigenvalue weighted by Crippen LogP contribution is 2.21. The lowest BCUT2D eigenvalue weighted by Gasteiger charge is -2.19. The number of benzene rings is 1. The van der Waals surface area contributed by atoms with E-state index in [4.69, 9.17) is 0 Å². The molecule has 5 nitrogen and oxygen atoms in total. The van der Waals surface area contributed by atoms with Gasteiger partial charge in [-0.3, -0.25) is 9.59 Å². The fourth-order valence-electron chi connectivity index (χ4n) is 3.32. The van der Waals surface area contributed by atoms with Crippen LogP contribution in [-0.4, -0.2) is 23.0 Å². The minimum atomic E-state index is -0.729. The van der Waals surface area contributed by atoms with Gasteiger partial charge in [0.2, 0.25) is 0 Å². The fourth-order valence-corrected chi connectivity index (χ4v) is 3.32. The number of anilines is 1. The molecule has 3 N–H and O–H groups in total. The standard InChI is InChI=1S/C20H30N2O3/c23-18-15-11-10-14-17(18)22-20(25)19(24)21-16-12-8-6-4-2-1-3-5-7-9-13-16/h10-11,14-16,23H,1-9,12-13H2,(H,21,24)(H,22,25). The van der Waals surface area contributed by atoms with E-state index in [9.17, 15) is 14.7 Å².